The highest BCUT2D eigenvalue weighted by Gasteiger charge is 2.19. The first-order valence-corrected chi connectivity index (χ1v) is 8.61. The van der Waals surface area contributed by atoms with E-state index in [0.29, 0.717) is 11.5 Å². The molecular formula is C14H15N7O3S. The molecule has 2 N–H and O–H groups in total. The van der Waals surface area contributed by atoms with Gasteiger partial charge in [-0.3, -0.25) is 4.79 Å². The Labute approximate surface area is 143 Å². The third-order valence-corrected chi connectivity index (χ3v) is 4.83. The number of pyridine rings is 1. The van der Waals surface area contributed by atoms with Crippen LogP contribution >= 0.6 is 0 Å². The molecule has 0 aliphatic carbocycles. The van der Waals surface area contributed by atoms with Crippen LogP contribution in [-0.2, 0) is 17.1 Å². The zero-order chi connectivity index (χ0) is 18.0. The molecule has 0 spiro atoms. The van der Waals surface area contributed by atoms with Crippen molar-refractivity contribution in [2.24, 2.45) is 7.05 Å². The fourth-order valence-electron chi connectivity index (χ4n) is 2.14. The quantitative estimate of drug-likeness (QED) is 0.667. The van der Waals surface area contributed by atoms with E-state index in [1.165, 1.54) is 47.4 Å². The average Bonchev–Trinajstić information content (AvgIpc) is 3.25. The number of nitrogens with one attached hydrogen (secondary N) is 2. The van der Waals surface area contributed by atoms with Gasteiger partial charge in [0.1, 0.15) is 23.2 Å². The van der Waals surface area contributed by atoms with Crippen LogP contribution in [0.5, 0.6) is 0 Å². The molecule has 3 heterocycles. The molecule has 3 aromatic heterocycles. The van der Waals surface area contributed by atoms with E-state index in [9.17, 15) is 13.2 Å². The molecular weight excluding hydrogens is 346 g/mol. The molecule has 0 saturated heterocycles. The smallest absolute Gasteiger partial charge is 0.272 e. The SMILES string of the molecule is CNS(=O)(=O)c1cc(C(=O)Nc2ccc(-n3cncn3)nc2)n(C)c1. The van der Waals surface area contributed by atoms with Crippen molar-refractivity contribution < 1.29 is 13.2 Å². The molecule has 3 rings (SSSR count). The second kappa shape index (κ2) is 6.45. The maximum absolute atomic E-state index is 12.4. The average molecular weight is 361 g/mol. The summed E-state index contributed by atoms with van der Waals surface area (Å²) < 4.78 is 28.8. The Kier molecular flexibility index (Phi) is 4.33. The van der Waals surface area contributed by atoms with E-state index in [4.69, 9.17) is 0 Å². The number of anilines is 1. The van der Waals surface area contributed by atoms with E-state index in [-0.39, 0.29) is 10.6 Å². The fourth-order valence-corrected chi connectivity index (χ4v) is 2.94. The van der Waals surface area contributed by atoms with Crippen LogP contribution in [-0.4, -0.2) is 45.7 Å². The number of sulfonamides is 1. The van der Waals surface area contributed by atoms with Crippen molar-refractivity contribution in [3.05, 3.63) is 48.9 Å². The van der Waals surface area contributed by atoms with Crippen LogP contribution in [0.3, 0.4) is 0 Å². The standard InChI is InChI=1S/C14H15N7O3S/c1-15-25(23,24)11-5-12(20(2)7-11)14(22)19-10-3-4-13(17-6-10)21-9-16-8-18-21/h3-9,15H,1-2H3,(H,19,22). The molecule has 0 aromatic carbocycles. The molecule has 0 radical (unpaired) electrons. The predicted molar refractivity (Wildman–Crippen MR) is 88.8 cm³/mol. The first-order chi connectivity index (χ1) is 11.9. The molecule has 0 aliphatic rings. The van der Waals surface area contributed by atoms with Crippen molar-refractivity contribution in [2.45, 2.75) is 4.90 Å². The third kappa shape index (κ3) is 3.41. The lowest BCUT2D eigenvalue weighted by Crippen LogP contribution is -2.18. The predicted octanol–water partition coefficient (Wildman–Crippen LogP) is 0.161. The molecule has 25 heavy (non-hydrogen) atoms. The number of carbonyl (C=O) groups is 1. The summed E-state index contributed by atoms with van der Waals surface area (Å²) in [6.07, 6.45) is 5.74. The molecule has 3 aromatic rings. The minimum atomic E-state index is -3.62. The Morgan fingerprint density at radius 1 is 1.28 bits per heavy atom. The normalized spacial score (nSPS) is 11.4. The molecule has 0 fully saturated rings. The monoisotopic (exact) mass is 361 g/mol. The fraction of sp³-hybridized carbons (Fsp3) is 0.143. The van der Waals surface area contributed by atoms with Crippen LogP contribution in [0, 0.1) is 0 Å². The van der Waals surface area contributed by atoms with Gasteiger partial charge in [0.2, 0.25) is 10.0 Å². The van der Waals surface area contributed by atoms with Crippen molar-refractivity contribution in [3.63, 3.8) is 0 Å². The van der Waals surface area contributed by atoms with Crippen molar-refractivity contribution in [2.75, 3.05) is 12.4 Å². The van der Waals surface area contributed by atoms with E-state index in [1.807, 2.05) is 0 Å². The number of carbonyl (C=O) groups excluding carboxylic acids is 1. The molecule has 0 bridgehead atoms. The Hall–Kier alpha value is -3.05. The Bertz CT molecular complexity index is 992. The highest BCUT2D eigenvalue weighted by atomic mass is 32.2. The van der Waals surface area contributed by atoms with Gasteiger partial charge in [-0.2, -0.15) is 5.10 Å². The summed E-state index contributed by atoms with van der Waals surface area (Å²) >= 11 is 0. The number of amides is 1. The van der Waals surface area contributed by atoms with E-state index < -0.39 is 15.9 Å². The summed E-state index contributed by atoms with van der Waals surface area (Å²) in [6, 6.07) is 4.64. The first-order valence-electron chi connectivity index (χ1n) is 7.13. The summed E-state index contributed by atoms with van der Waals surface area (Å²) in [4.78, 5) is 20.4. The first kappa shape index (κ1) is 16.8. The highest BCUT2D eigenvalue weighted by molar-refractivity contribution is 7.89. The lowest BCUT2D eigenvalue weighted by Gasteiger charge is -2.06. The van der Waals surface area contributed by atoms with Gasteiger partial charge in [0.15, 0.2) is 5.82 Å². The van der Waals surface area contributed by atoms with Crippen LogP contribution in [0.2, 0.25) is 0 Å². The lowest BCUT2D eigenvalue weighted by atomic mass is 10.3. The third-order valence-electron chi connectivity index (χ3n) is 3.45. The minimum absolute atomic E-state index is 0.0160. The maximum Gasteiger partial charge on any atom is 0.272 e. The second-order valence-corrected chi connectivity index (χ2v) is 6.97. The van der Waals surface area contributed by atoms with E-state index >= 15 is 0 Å². The Morgan fingerprint density at radius 2 is 2.08 bits per heavy atom. The van der Waals surface area contributed by atoms with Crippen molar-refractivity contribution in [1.29, 1.82) is 0 Å². The van der Waals surface area contributed by atoms with Gasteiger partial charge in [-0.05, 0) is 25.2 Å². The number of aryl methyl sites for hydroxylation is 1. The van der Waals surface area contributed by atoms with Gasteiger partial charge in [0, 0.05) is 13.2 Å². The topological polar surface area (TPSA) is 124 Å². The summed E-state index contributed by atoms with van der Waals surface area (Å²) in [5.74, 6) is 0.104. The summed E-state index contributed by atoms with van der Waals surface area (Å²) in [6.45, 7) is 0. The summed E-state index contributed by atoms with van der Waals surface area (Å²) in [7, 11) is -0.713. The van der Waals surface area contributed by atoms with Crippen molar-refractivity contribution >= 4 is 21.6 Å². The van der Waals surface area contributed by atoms with Crippen LogP contribution in [0.1, 0.15) is 10.5 Å². The van der Waals surface area contributed by atoms with Crippen LogP contribution in [0.4, 0.5) is 5.69 Å². The van der Waals surface area contributed by atoms with Gasteiger partial charge >= 0.3 is 0 Å². The van der Waals surface area contributed by atoms with Gasteiger partial charge < -0.3 is 9.88 Å². The number of aromatic nitrogens is 5. The Balaban J connectivity index is 1.79. The summed E-state index contributed by atoms with van der Waals surface area (Å²) in [5.41, 5.74) is 0.669. The molecule has 1 amide bonds. The van der Waals surface area contributed by atoms with Crippen LogP contribution < -0.4 is 10.0 Å². The number of hydrogen-bond acceptors (Lipinski definition) is 6. The van der Waals surface area contributed by atoms with Crippen molar-refractivity contribution in [1.82, 2.24) is 29.0 Å². The van der Waals surface area contributed by atoms with Crippen LogP contribution in [0.25, 0.3) is 5.82 Å². The lowest BCUT2D eigenvalue weighted by molar-refractivity contribution is 0.101. The molecule has 0 aliphatic heterocycles. The van der Waals surface area contributed by atoms with Gasteiger partial charge in [-0.25, -0.2) is 27.8 Å². The zero-order valence-electron chi connectivity index (χ0n) is 13.4. The second-order valence-electron chi connectivity index (χ2n) is 5.08. The molecule has 130 valence electrons. The van der Waals surface area contributed by atoms with Crippen molar-refractivity contribution in [3.8, 4) is 5.82 Å². The van der Waals surface area contributed by atoms with Gasteiger partial charge in [0.05, 0.1) is 11.9 Å². The molecule has 10 nitrogen and oxygen atoms in total. The van der Waals surface area contributed by atoms with Gasteiger partial charge in [-0.15, -0.1) is 0 Å². The van der Waals surface area contributed by atoms with E-state index in [2.05, 4.69) is 25.1 Å². The largest absolute Gasteiger partial charge is 0.345 e. The number of nitrogens with zero attached hydrogens (tertiary/aromatic N) is 5. The molecule has 0 atom stereocenters. The number of hydrogen-bond donors (Lipinski definition) is 2. The van der Waals surface area contributed by atoms with Gasteiger partial charge in [0.25, 0.3) is 5.91 Å². The zero-order valence-corrected chi connectivity index (χ0v) is 14.2. The maximum atomic E-state index is 12.4. The summed E-state index contributed by atoms with van der Waals surface area (Å²) in [5, 5.41) is 6.63. The van der Waals surface area contributed by atoms with E-state index in [0.717, 1.165) is 0 Å². The Morgan fingerprint density at radius 3 is 2.68 bits per heavy atom. The molecule has 11 heteroatoms. The van der Waals surface area contributed by atoms with Crippen LogP contribution in [0.15, 0.2) is 48.1 Å². The minimum Gasteiger partial charge on any atom is -0.345 e. The van der Waals surface area contributed by atoms with Gasteiger partial charge in [-0.1, -0.05) is 0 Å². The molecule has 0 unspecified atom stereocenters. The number of rotatable bonds is 5. The van der Waals surface area contributed by atoms with E-state index in [1.54, 1.807) is 19.2 Å². The highest BCUT2D eigenvalue weighted by Crippen LogP contribution is 2.15. The molecule has 0 saturated carbocycles.